The minimum absolute atomic E-state index is 0.390. The van der Waals surface area contributed by atoms with Crippen LogP contribution in [-0.2, 0) is 0 Å². The lowest BCUT2D eigenvalue weighted by Crippen LogP contribution is -2.30. The minimum atomic E-state index is 0.390. The van der Waals surface area contributed by atoms with Gasteiger partial charge in [-0.3, -0.25) is 0 Å². The maximum absolute atomic E-state index is 4.68. The molecular formula is C23H40N8. The summed E-state index contributed by atoms with van der Waals surface area (Å²) in [5, 5.41) is 0. The van der Waals surface area contributed by atoms with Crippen LogP contribution < -0.4 is 0 Å². The first-order chi connectivity index (χ1) is 14.6. The van der Waals surface area contributed by atoms with Crippen LogP contribution in [0.15, 0.2) is 16.3 Å². The highest BCUT2D eigenvalue weighted by molar-refractivity contribution is 5.83. The van der Waals surface area contributed by atoms with Gasteiger partial charge in [-0.25, -0.2) is 15.0 Å². The number of aliphatic imine (C=N–C) groups is 2. The van der Waals surface area contributed by atoms with Gasteiger partial charge in [-0.2, -0.15) is 9.97 Å². The monoisotopic (exact) mass is 428 g/mol. The van der Waals surface area contributed by atoms with Crippen molar-refractivity contribution in [3.63, 3.8) is 0 Å². The van der Waals surface area contributed by atoms with Gasteiger partial charge in [0.15, 0.2) is 17.0 Å². The van der Waals surface area contributed by atoms with Crippen molar-refractivity contribution >= 4 is 35.6 Å². The average molecular weight is 429 g/mol. The Labute approximate surface area is 187 Å². The average Bonchev–Trinajstić information content (AvgIpc) is 3.10. The molecule has 0 radical (unpaired) electrons. The van der Waals surface area contributed by atoms with E-state index in [0.717, 1.165) is 26.2 Å². The van der Waals surface area contributed by atoms with E-state index in [9.17, 15) is 0 Å². The second-order valence-corrected chi connectivity index (χ2v) is 9.92. The van der Waals surface area contributed by atoms with Crippen LogP contribution in [0.4, 0.5) is 11.8 Å². The second-order valence-electron chi connectivity index (χ2n) is 9.92. The number of imidazole rings is 1. The van der Waals surface area contributed by atoms with E-state index >= 15 is 0 Å². The first-order valence-corrected chi connectivity index (χ1v) is 11.4. The normalized spacial score (nSPS) is 12.6. The number of hydrogen-bond donors (Lipinski definition) is 1. The predicted molar refractivity (Wildman–Crippen MR) is 130 cm³/mol. The third-order valence-electron chi connectivity index (χ3n) is 4.33. The minimum Gasteiger partial charge on any atom is -0.362 e. The summed E-state index contributed by atoms with van der Waals surface area (Å²) in [6.45, 7) is 21.5. The highest BCUT2D eigenvalue weighted by atomic mass is 15.2. The van der Waals surface area contributed by atoms with Crippen molar-refractivity contribution in [2.75, 3.05) is 26.2 Å². The van der Waals surface area contributed by atoms with E-state index in [0.29, 0.717) is 46.6 Å². The first kappa shape index (κ1) is 24.8. The molecule has 0 saturated carbocycles. The van der Waals surface area contributed by atoms with Crippen LogP contribution in [0.5, 0.6) is 0 Å². The Hall–Kier alpha value is -2.51. The fraction of sp³-hybridized carbons (Fsp3) is 0.696. The summed E-state index contributed by atoms with van der Waals surface area (Å²) >= 11 is 0. The Morgan fingerprint density at radius 1 is 0.774 bits per heavy atom. The van der Waals surface area contributed by atoms with E-state index in [1.807, 2.05) is 12.7 Å². The van der Waals surface area contributed by atoms with Gasteiger partial charge in [-0.15, -0.1) is 0 Å². The van der Waals surface area contributed by atoms with Gasteiger partial charge in [0.2, 0.25) is 0 Å². The van der Waals surface area contributed by atoms with Gasteiger partial charge >= 0.3 is 0 Å². The molecule has 0 atom stereocenters. The van der Waals surface area contributed by atoms with Crippen LogP contribution >= 0.6 is 0 Å². The molecule has 0 unspecified atom stereocenters. The number of nitrogens with one attached hydrogen (secondary N) is 1. The van der Waals surface area contributed by atoms with Crippen molar-refractivity contribution in [2.45, 2.75) is 55.4 Å². The molecule has 0 aliphatic rings. The number of aromatic amines is 1. The van der Waals surface area contributed by atoms with Gasteiger partial charge < -0.3 is 14.8 Å². The van der Waals surface area contributed by atoms with E-state index in [1.165, 1.54) is 0 Å². The Morgan fingerprint density at radius 2 is 1.26 bits per heavy atom. The van der Waals surface area contributed by atoms with Crippen LogP contribution in [0, 0.1) is 23.7 Å². The maximum Gasteiger partial charge on any atom is 0.254 e. The quantitative estimate of drug-likeness (QED) is 0.384. The number of hydrogen-bond acceptors (Lipinski definition) is 5. The maximum atomic E-state index is 4.68. The molecular weight excluding hydrogens is 388 g/mol. The lowest BCUT2D eigenvalue weighted by Gasteiger charge is -2.23. The molecule has 0 fully saturated rings. The third-order valence-corrected chi connectivity index (χ3v) is 4.33. The van der Waals surface area contributed by atoms with E-state index in [-0.39, 0.29) is 0 Å². The molecule has 0 spiro atoms. The molecule has 8 heteroatoms. The first-order valence-electron chi connectivity index (χ1n) is 11.4. The fourth-order valence-corrected chi connectivity index (χ4v) is 3.44. The second kappa shape index (κ2) is 11.8. The van der Waals surface area contributed by atoms with Crippen LogP contribution in [0.2, 0.25) is 0 Å². The third kappa shape index (κ3) is 8.63. The molecule has 8 nitrogen and oxygen atoms in total. The molecule has 2 rings (SSSR count). The fourth-order valence-electron chi connectivity index (χ4n) is 3.44. The van der Waals surface area contributed by atoms with Gasteiger partial charge in [0.25, 0.3) is 5.95 Å². The smallest absolute Gasteiger partial charge is 0.254 e. The summed E-state index contributed by atoms with van der Waals surface area (Å²) in [7, 11) is 0. The summed E-state index contributed by atoms with van der Waals surface area (Å²) in [6, 6.07) is 0. The largest absolute Gasteiger partial charge is 0.362 e. The molecule has 0 saturated heterocycles. The van der Waals surface area contributed by atoms with Crippen molar-refractivity contribution in [3.8, 4) is 0 Å². The molecule has 0 aromatic carbocycles. The topological polar surface area (TPSA) is 85.7 Å². The predicted octanol–water partition coefficient (Wildman–Crippen LogP) is 4.90. The van der Waals surface area contributed by atoms with E-state index in [1.54, 1.807) is 6.33 Å². The summed E-state index contributed by atoms with van der Waals surface area (Å²) in [4.78, 5) is 30.2. The molecule has 2 heterocycles. The summed E-state index contributed by atoms with van der Waals surface area (Å²) in [5.41, 5.74) is 1.30. The number of fused-ring (bicyclic) bond motifs is 1. The standard InChI is InChI=1S/C23H40N8/c1-16(2)9-30(10-17(3)4)14-26-22-20-21(25-13-24-20)28-23(29-22)27-15-31(11-18(5)6)12-19(7)8/h13-19H,9-12H2,1-8H3,(H,24,25,28,29)/b26-14+,27-15+. The van der Waals surface area contributed by atoms with Gasteiger partial charge in [0, 0.05) is 26.2 Å². The molecule has 0 bridgehead atoms. The van der Waals surface area contributed by atoms with Gasteiger partial charge in [-0.05, 0) is 23.7 Å². The van der Waals surface area contributed by atoms with Crippen LogP contribution in [0.25, 0.3) is 11.2 Å². The van der Waals surface area contributed by atoms with Gasteiger partial charge in [0.1, 0.15) is 0 Å². The number of nitrogens with zero attached hydrogens (tertiary/aromatic N) is 7. The van der Waals surface area contributed by atoms with E-state index in [2.05, 4.69) is 95.1 Å². The zero-order valence-corrected chi connectivity index (χ0v) is 20.5. The Morgan fingerprint density at radius 3 is 1.74 bits per heavy atom. The summed E-state index contributed by atoms with van der Waals surface area (Å²) in [5.74, 6) is 3.13. The summed E-state index contributed by atoms with van der Waals surface area (Å²) < 4.78 is 0. The molecule has 2 aromatic rings. The van der Waals surface area contributed by atoms with Crippen molar-refractivity contribution in [3.05, 3.63) is 6.33 Å². The number of aromatic nitrogens is 4. The lowest BCUT2D eigenvalue weighted by molar-refractivity contribution is 0.336. The van der Waals surface area contributed by atoms with Gasteiger partial charge in [-0.1, -0.05) is 55.4 Å². The highest BCUT2D eigenvalue weighted by Crippen LogP contribution is 2.22. The van der Waals surface area contributed by atoms with E-state index in [4.69, 9.17) is 0 Å². The van der Waals surface area contributed by atoms with Crippen molar-refractivity contribution in [1.29, 1.82) is 0 Å². The van der Waals surface area contributed by atoms with E-state index < -0.39 is 0 Å². The zero-order chi connectivity index (χ0) is 23.0. The Kier molecular flexibility index (Phi) is 9.40. The van der Waals surface area contributed by atoms with Crippen LogP contribution in [0.3, 0.4) is 0 Å². The molecule has 2 aromatic heterocycles. The highest BCUT2D eigenvalue weighted by Gasteiger charge is 2.11. The van der Waals surface area contributed by atoms with Crippen LogP contribution in [-0.4, -0.2) is 68.6 Å². The molecule has 0 amide bonds. The van der Waals surface area contributed by atoms with Crippen LogP contribution in [0.1, 0.15) is 55.4 Å². The number of rotatable bonds is 12. The molecule has 0 aliphatic carbocycles. The van der Waals surface area contributed by atoms with Crippen molar-refractivity contribution in [1.82, 2.24) is 29.7 Å². The molecule has 0 aliphatic heterocycles. The van der Waals surface area contributed by atoms with Gasteiger partial charge in [0.05, 0.1) is 19.0 Å². The Balaban J connectivity index is 2.30. The Bertz CT molecular complexity index is 830. The molecule has 172 valence electrons. The SMILES string of the molecule is CC(C)CN(/C=N/c1nc(/N=C/N(CC(C)C)CC(C)C)c2nc[nH]c2n1)CC(C)C. The molecule has 1 N–H and O–H groups in total. The lowest BCUT2D eigenvalue weighted by atomic mass is 10.1. The summed E-state index contributed by atoms with van der Waals surface area (Å²) in [6.07, 6.45) is 5.36. The van der Waals surface area contributed by atoms with Crippen molar-refractivity contribution < 1.29 is 0 Å². The molecule has 31 heavy (non-hydrogen) atoms. The van der Waals surface area contributed by atoms with Crippen molar-refractivity contribution in [2.24, 2.45) is 33.7 Å². The number of H-pyrrole nitrogens is 1. The zero-order valence-electron chi connectivity index (χ0n) is 20.5.